The first-order valence-electron chi connectivity index (χ1n) is 7.35. The molecule has 0 heterocycles. The lowest BCUT2D eigenvalue weighted by atomic mass is 10.0. The van der Waals surface area contributed by atoms with Crippen LogP contribution in [0.4, 0.5) is 0 Å². The van der Waals surface area contributed by atoms with Gasteiger partial charge in [-0.3, -0.25) is 4.79 Å². The van der Waals surface area contributed by atoms with Crippen molar-refractivity contribution in [2.75, 3.05) is 6.54 Å². The zero-order chi connectivity index (χ0) is 16.2. The Hall–Kier alpha value is -2.17. The van der Waals surface area contributed by atoms with Crippen molar-refractivity contribution in [1.82, 2.24) is 5.32 Å². The number of carbonyl (C=O) groups is 1. The minimum Gasteiger partial charge on any atom is -0.387 e. The number of nitrogens with one attached hydrogen (secondary N) is 1. The Labute approximate surface area is 143 Å². The molecular weight excluding hydrogens is 354 g/mol. The predicted molar refractivity (Wildman–Crippen MR) is 95.4 cm³/mol. The van der Waals surface area contributed by atoms with E-state index in [-0.39, 0.29) is 12.5 Å². The minimum atomic E-state index is -0.757. The average molecular weight is 370 g/mol. The summed E-state index contributed by atoms with van der Waals surface area (Å²) in [5.41, 5.74) is 1.37. The molecule has 3 nitrogen and oxygen atoms in total. The molecule has 1 amide bonds. The second kappa shape index (κ2) is 6.94. The van der Waals surface area contributed by atoms with Crippen LogP contribution in [0.1, 0.15) is 22.0 Å². The van der Waals surface area contributed by atoms with E-state index in [4.69, 9.17) is 0 Å². The molecule has 2 N–H and O–H groups in total. The molecule has 0 bridgehead atoms. The van der Waals surface area contributed by atoms with Crippen molar-refractivity contribution in [3.63, 3.8) is 0 Å². The summed E-state index contributed by atoms with van der Waals surface area (Å²) >= 11 is 3.36. The molecule has 0 spiro atoms. The highest BCUT2D eigenvalue weighted by atomic mass is 79.9. The first-order chi connectivity index (χ1) is 11.2. The van der Waals surface area contributed by atoms with Crippen LogP contribution < -0.4 is 5.32 Å². The fraction of sp³-hybridized carbons (Fsp3) is 0.105. The summed E-state index contributed by atoms with van der Waals surface area (Å²) in [7, 11) is 0. The van der Waals surface area contributed by atoms with Crippen molar-refractivity contribution in [2.24, 2.45) is 0 Å². The molecule has 23 heavy (non-hydrogen) atoms. The van der Waals surface area contributed by atoms with E-state index in [1.165, 1.54) is 0 Å². The van der Waals surface area contributed by atoms with Crippen LogP contribution >= 0.6 is 15.9 Å². The number of aliphatic hydroxyl groups excluding tert-OH is 1. The number of rotatable bonds is 4. The van der Waals surface area contributed by atoms with Gasteiger partial charge in [0.15, 0.2) is 0 Å². The van der Waals surface area contributed by atoms with Crippen LogP contribution in [0, 0.1) is 0 Å². The summed E-state index contributed by atoms with van der Waals surface area (Å²) in [6, 6.07) is 20.9. The van der Waals surface area contributed by atoms with Crippen molar-refractivity contribution >= 4 is 32.6 Å². The third-order valence-corrected chi connectivity index (χ3v) is 4.45. The maximum atomic E-state index is 12.2. The fourth-order valence-electron chi connectivity index (χ4n) is 2.58. The molecule has 116 valence electrons. The quantitative estimate of drug-likeness (QED) is 0.728. The average Bonchev–Trinajstić information content (AvgIpc) is 2.59. The number of amides is 1. The fourth-order valence-corrected chi connectivity index (χ4v) is 3.05. The molecule has 3 aromatic rings. The molecule has 0 aliphatic heterocycles. The summed E-state index contributed by atoms with van der Waals surface area (Å²) in [5, 5.41) is 15.3. The molecule has 4 heteroatoms. The van der Waals surface area contributed by atoms with Crippen molar-refractivity contribution in [3.8, 4) is 0 Å². The van der Waals surface area contributed by atoms with Crippen LogP contribution in [-0.4, -0.2) is 17.6 Å². The Bertz CT molecular complexity index is 842. The van der Waals surface area contributed by atoms with Gasteiger partial charge in [-0.25, -0.2) is 0 Å². The van der Waals surface area contributed by atoms with Crippen molar-refractivity contribution < 1.29 is 9.90 Å². The number of halogens is 1. The van der Waals surface area contributed by atoms with E-state index >= 15 is 0 Å². The zero-order valence-electron chi connectivity index (χ0n) is 12.4. The topological polar surface area (TPSA) is 49.3 Å². The Morgan fingerprint density at radius 1 is 1.00 bits per heavy atom. The van der Waals surface area contributed by atoms with Gasteiger partial charge >= 0.3 is 0 Å². The molecule has 0 aliphatic carbocycles. The maximum absolute atomic E-state index is 12.2. The molecule has 1 atom stereocenters. The first kappa shape index (κ1) is 15.7. The van der Waals surface area contributed by atoms with Crippen LogP contribution in [0.3, 0.4) is 0 Å². The summed E-state index contributed by atoms with van der Waals surface area (Å²) in [6.07, 6.45) is -0.757. The molecular formula is C19H16BrNO2. The molecule has 0 aliphatic rings. The van der Waals surface area contributed by atoms with Gasteiger partial charge in [-0.05, 0) is 44.4 Å². The van der Waals surface area contributed by atoms with Gasteiger partial charge in [0.25, 0.3) is 5.91 Å². The third-order valence-electron chi connectivity index (χ3n) is 3.76. The van der Waals surface area contributed by atoms with E-state index in [2.05, 4.69) is 21.2 Å². The van der Waals surface area contributed by atoms with E-state index in [0.717, 1.165) is 20.8 Å². The molecule has 0 aromatic heterocycles. The number of fused-ring (bicyclic) bond motifs is 1. The Balaban J connectivity index is 1.75. The lowest BCUT2D eigenvalue weighted by molar-refractivity contribution is 0.0916. The molecule has 3 aromatic carbocycles. The SMILES string of the molecule is O=C(NC[C@H](O)c1cccc2ccccc12)c1ccccc1Br. The van der Waals surface area contributed by atoms with Gasteiger partial charge in [-0.2, -0.15) is 0 Å². The number of hydrogen-bond donors (Lipinski definition) is 2. The maximum Gasteiger partial charge on any atom is 0.252 e. The van der Waals surface area contributed by atoms with E-state index in [1.807, 2.05) is 54.6 Å². The van der Waals surface area contributed by atoms with E-state index in [0.29, 0.717) is 5.56 Å². The van der Waals surface area contributed by atoms with Crippen LogP contribution in [-0.2, 0) is 0 Å². The van der Waals surface area contributed by atoms with Gasteiger partial charge in [-0.1, -0.05) is 54.6 Å². The highest BCUT2D eigenvalue weighted by molar-refractivity contribution is 9.10. The van der Waals surface area contributed by atoms with Crippen molar-refractivity contribution in [1.29, 1.82) is 0 Å². The largest absolute Gasteiger partial charge is 0.387 e. The summed E-state index contributed by atoms with van der Waals surface area (Å²) in [5.74, 6) is -0.211. The number of hydrogen-bond acceptors (Lipinski definition) is 2. The van der Waals surface area contributed by atoms with Crippen molar-refractivity contribution in [2.45, 2.75) is 6.10 Å². The molecule has 0 fully saturated rings. The summed E-state index contributed by atoms with van der Waals surface area (Å²) < 4.78 is 0.733. The smallest absolute Gasteiger partial charge is 0.252 e. The standard InChI is InChI=1S/C19H16BrNO2/c20-17-11-4-3-9-16(17)19(23)21-12-18(22)15-10-5-7-13-6-1-2-8-14(13)15/h1-11,18,22H,12H2,(H,21,23)/t18-/m0/s1. The normalized spacial score (nSPS) is 12.1. The van der Waals surface area contributed by atoms with Gasteiger partial charge in [0.1, 0.15) is 0 Å². The van der Waals surface area contributed by atoms with Gasteiger partial charge in [0.05, 0.1) is 11.7 Å². The highest BCUT2D eigenvalue weighted by Gasteiger charge is 2.14. The minimum absolute atomic E-state index is 0.161. The lowest BCUT2D eigenvalue weighted by Gasteiger charge is -2.15. The van der Waals surface area contributed by atoms with Crippen LogP contribution in [0.25, 0.3) is 10.8 Å². The zero-order valence-corrected chi connectivity index (χ0v) is 14.0. The van der Waals surface area contributed by atoms with Crippen LogP contribution in [0.5, 0.6) is 0 Å². The Morgan fingerprint density at radius 3 is 2.52 bits per heavy atom. The predicted octanol–water partition coefficient (Wildman–Crippen LogP) is 4.07. The van der Waals surface area contributed by atoms with E-state index in [9.17, 15) is 9.90 Å². The molecule has 3 rings (SSSR count). The van der Waals surface area contributed by atoms with E-state index in [1.54, 1.807) is 12.1 Å². The Morgan fingerprint density at radius 2 is 1.70 bits per heavy atom. The number of carbonyl (C=O) groups excluding carboxylic acids is 1. The molecule has 0 unspecified atom stereocenters. The summed E-state index contributed by atoms with van der Waals surface area (Å²) in [6.45, 7) is 0.161. The lowest BCUT2D eigenvalue weighted by Crippen LogP contribution is -2.28. The third kappa shape index (κ3) is 3.44. The number of benzene rings is 3. The molecule has 0 saturated carbocycles. The van der Waals surface area contributed by atoms with Crippen LogP contribution in [0.15, 0.2) is 71.2 Å². The van der Waals surface area contributed by atoms with Gasteiger partial charge in [-0.15, -0.1) is 0 Å². The monoisotopic (exact) mass is 369 g/mol. The molecule has 0 saturated heterocycles. The van der Waals surface area contributed by atoms with Gasteiger partial charge in [0.2, 0.25) is 0 Å². The first-order valence-corrected chi connectivity index (χ1v) is 8.14. The van der Waals surface area contributed by atoms with Gasteiger partial charge in [0, 0.05) is 11.0 Å². The van der Waals surface area contributed by atoms with Gasteiger partial charge < -0.3 is 10.4 Å². The summed E-state index contributed by atoms with van der Waals surface area (Å²) in [4.78, 5) is 12.2. The second-order valence-corrected chi connectivity index (χ2v) is 6.13. The number of aliphatic hydroxyl groups is 1. The molecule has 0 radical (unpaired) electrons. The highest BCUT2D eigenvalue weighted by Crippen LogP contribution is 2.24. The van der Waals surface area contributed by atoms with E-state index < -0.39 is 6.10 Å². The van der Waals surface area contributed by atoms with Crippen molar-refractivity contribution in [3.05, 3.63) is 82.3 Å². The second-order valence-electron chi connectivity index (χ2n) is 5.27. The van der Waals surface area contributed by atoms with Crippen LogP contribution in [0.2, 0.25) is 0 Å². The Kier molecular flexibility index (Phi) is 4.74.